The van der Waals surface area contributed by atoms with Crippen molar-refractivity contribution in [2.75, 3.05) is 13.2 Å². The molecule has 0 bridgehead atoms. The van der Waals surface area contributed by atoms with Crippen LogP contribution in [-0.4, -0.2) is 40.8 Å². The highest BCUT2D eigenvalue weighted by molar-refractivity contribution is 5.71. The second-order valence-electron chi connectivity index (χ2n) is 5.06. The van der Waals surface area contributed by atoms with Crippen LogP contribution in [-0.2, 0) is 9.53 Å². The van der Waals surface area contributed by atoms with Gasteiger partial charge in [-0.2, -0.15) is 0 Å². The molecule has 5 heteroatoms. The third kappa shape index (κ3) is 2.09. The first kappa shape index (κ1) is 12.9. The highest BCUT2D eigenvalue weighted by Gasteiger charge is 2.55. The SMILES string of the molecule is C=CCOC(=O)N1CCC(CC(=O)O)C12CCC2. The summed E-state index contributed by atoms with van der Waals surface area (Å²) in [6.07, 6.45) is 4.96. The van der Waals surface area contributed by atoms with Crippen LogP contribution in [0, 0.1) is 5.92 Å². The van der Waals surface area contributed by atoms with Crippen molar-refractivity contribution in [1.82, 2.24) is 4.90 Å². The number of hydrogen-bond acceptors (Lipinski definition) is 3. The predicted octanol–water partition coefficient (Wildman–Crippen LogP) is 2.03. The van der Waals surface area contributed by atoms with Gasteiger partial charge in [0.15, 0.2) is 0 Å². The normalized spacial score (nSPS) is 24.7. The van der Waals surface area contributed by atoms with Gasteiger partial charge in [0.1, 0.15) is 6.61 Å². The molecule has 1 N–H and O–H groups in total. The van der Waals surface area contributed by atoms with Crippen LogP contribution in [0.3, 0.4) is 0 Å². The van der Waals surface area contributed by atoms with Crippen LogP contribution >= 0.6 is 0 Å². The van der Waals surface area contributed by atoms with Gasteiger partial charge in [-0.25, -0.2) is 4.79 Å². The Kier molecular flexibility index (Phi) is 3.59. The third-order valence-electron chi connectivity index (χ3n) is 4.18. The summed E-state index contributed by atoms with van der Waals surface area (Å²) in [6.45, 7) is 4.32. The Bertz CT molecular complexity index is 362. The van der Waals surface area contributed by atoms with E-state index in [9.17, 15) is 9.59 Å². The van der Waals surface area contributed by atoms with Crippen molar-refractivity contribution < 1.29 is 19.4 Å². The number of nitrogens with zero attached hydrogens (tertiary/aromatic N) is 1. The monoisotopic (exact) mass is 253 g/mol. The molecule has 0 radical (unpaired) electrons. The number of carboxylic acid groups (broad SMARTS) is 1. The van der Waals surface area contributed by atoms with E-state index < -0.39 is 5.97 Å². The number of amides is 1. The first-order valence-corrected chi connectivity index (χ1v) is 6.37. The number of aliphatic carboxylic acids is 1. The lowest BCUT2D eigenvalue weighted by Gasteiger charge is -2.48. The summed E-state index contributed by atoms with van der Waals surface area (Å²) < 4.78 is 5.08. The lowest BCUT2D eigenvalue weighted by atomic mass is 9.67. The van der Waals surface area contributed by atoms with E-state index in [1.807, 2.05) is 0 Å². The molecule has 2 aliphatic rings. The maximum atomic E-state index is 12.0. The molecule has 1 spiro atoms. The molecule has 5 nitrogen and oxygen atoms in total. The van der Waals surface area contributed by atoms with Gasteiger partial charge in [-0.05, 0) is 31.6 Å². The Morgan fingerprint density at radius 3 is 2.72 bits per heavy atom. The van der Waals surface area contributed by atoms with Gasteiger partial charge in [-0.1, -0.05) is 12.7 Å². The van der Waals surface area contributed by atoms with Gasteiger partial charge in [-0.15, -0.1) is 0 Å². The fourth-order valence-corrected chi connectivity index (χ4v) is 3.20. The van der Waals surface area contributed by atoms with E-state index in [2.05, 4.69) is 6.58 Å². The van der Waals surface area contributed by atoms with E-state index in [1.54, 1.807) is 4.90 Å². The average molecular weight is 253 g/mol. The molecule has 0 aromatic heterocycles. The molecule has 2 rings (SSSR count). The molecule has 1 saturated heterocycles. The summed E-state index contributed by atoms with van der Waals surface area (Å²) in [4.78, 5) is 24.6. The molecule has 1 aliphatic heterocycles. The van der Waals surface area contributed by atoms with E-state index in [0.717, 1.165) is 25.7 Å². The maximum absolute atomic E-state index is 12.0. The Labute approximate surface area is 106 Å². The Balaban J connectivity index is 2.06. The zero-order valence-corrected chi connectivity index (χ0v) is 10.4. The Hall–Kier alpha value is -1.52. The number of likely N-dealkylation sites (tertiary alicyclic amines) is 1. The minimum Gasteiger partial charge on any atom is -0.481 e. The van der Waals surface area contributed by atoms with Crippen LogP contribution in [0.15, 0.2) is 12.7 Å². The number of carbonyl (C=O) groups excluding carboxylic acids is 1. The van der Waals surface area contributed by atoms with Gasteiger partial charge in [0.2, 0.25) is 0 Å². The van der Waals surface area contributed by atoms with Crippen molar-refractivity contribution in [3.05, 3.63) is 12.7 Å². The van der Waals surface area contributed by atoms with Crippen molar-refractivity contribution in [3.8, 4) is 0 Å². The molecule has 18 heavy (non-hydrogen) atoms. The van der Waals surface area contributed by atoms with E-state index in [4.69, 9.17) is 9.84 Å². The van der Waals surface area contributed by atoms with Crippen molar-refractivity contribution in [2.24, 2.45) is 5.92 Å². The molecule has 1 saturated carbocycles. The number of hydrogen-bond donors (Lipinski definition) is 1. The Morgan fingerprint density at radius 1 is 1.50 bits per heavy atom. The zero-order valence-electron chi connectivity index (χ0n) is 10.4. The fraction of sp³-hybridized carbons (Fsp3) is 0.692. The van der Waals surface area contributed by atoms with E-state index in [0.29, 0.717) is 6.54 Å². The zero-order chi connectivity index (χ0) is 13.2. The molecule has 0 aromatic rings. The quantitative estimate of drug-likeness (QED) is 0.778. The lowest BCUT2D eigenvalue weighted by molar-refractivity contribution is -0.139. The first-order valence-electron chi connectivity index (χ1n) is 6.37. The minimum absolute atomic E-state index is 0.0695. The number of carbonyl (C=O) groups is 2. The van der Waals surface area contributed by atoms with E-state index in [1.165, 1.54) is 6.08 Å². The fourth-order valence-electron chi connectivity index (χ4n) is 3.20. The van der Waals surface area contributed by atoms with Crippen molar-refractivity contribution in [2.45, 2.75) is 37.6 Å². The summed E-state index contributed by atoms with van der Waals surface area (Å²) in [5, 5.41) is 8.94. The molecule has 1 amide bonds. The van der Waals surface area contributed by atoms with Gasteiger partial charge in [-0.3, -0.25) is 4.79 Å². The van der Waals surface area contributed by atoms with Crippen LogP contribution < -0.4 is 0 Å². The molecule has 0 aromatic carbocycles. The summed E-state index contributed by atoms with van der Waals surface area (Å²) in [7, 11) is 0. The van der Waals surface area contributed by atoms with Crippen LogP contribution in [0.1, 0.15) is 32.1 Å². The van der Waals surface area contributed by atoms with Gasteiger partial charge >= 0.3 is 12.1 Å². The summed E-state index contributed by atoms with van der Waals surface area (Å²) >= 11 is 0. The smallest absolute Gasteiger partial charge is 0.410 e. The van der Waals surface area contributed by atoms with Crippen LogP contribution in [0.5, 0.6) is 0 Å². The maximum Gasteiger partial charge on any atom is 0.410 e. The van der Waals surface area contributed by atoms with Gasteiger partial charge < -0.3 is 14.7 Å². The predicted molar refractivity (Wildman–Crippen MR) is 65.2 cm³/mol. The van der Waals surface area contributed by atoms with Gasteiger partial charge in [0, 0.05) is 12.1 Å². The van der Waals surface area contributed by atoms with E-state index in [-0.39, 0.29) is 30.6 Å². The lowest BCUT2D eigenvalue weighted by Crippen LogP contribution is -2.55. The standard InChI is InChI=1S/C13H19NO4/c1-2-8-18-12(17)14-7-4-10(9-11(15)16)13(14)5-3-6-13/h2,10H,1,3-9H2,(H,15,16). The highest BCUT2D eigenvalue weighted by Crippen LogP contribution is 2.50. The van der Waals surface area contributed by atoms with Crippen molar-refractivity contribution >= 4 is 12.1 Å². The highest BCUT2D eigenvalue weighted by atomic mass is 16.6. The molecular formula is C13H19NO4. The van der Waals surface area contributed by atoms with Gasteiger partial charge in [0.25, 0.3) is 0 Å². The Morgan fingerprint density at radius 2 is 2.22 bits per heavy atom. The summed E-state index contributed by atoms with van der Waals surface area (Å²) in [5.41, 5.74) is -0.253. The number of ether oxygens (including phenoxy) is 1. The topological polar surface area (TPSA) is 66.8 Å². The van der Waals surface area contributed by atoms with Crippen LogP contribution in [0.4, 0.5) is 4.79 Å². The van der Waals surface area contributed by atoms with E-state index >= 15 is 0 Å². The molecule has 1 atom stereocenters. The minimum atomic E-state index is -0.785. The van der Waals surface area contributed by atoms with Crippen molar-refractivity contribution in [1.29, 1.82) is 0 Å². The molecule has 2 fully saturated rings. The van der Waals surface area contributed by atoms with Crippen LogP contribution in [0.25, 0.3) is 0 Å². The first-order chi connectivity index (χ1) is 8.60. The average Bonchev–Trinajstić information content (AvgIpc) is 2.63. The second-order valence-corrected chi connectivity index (χ2v) is 5.06. The second kappa shape index (κ2) is 5.00. The third-order valence-corrected chi connectivity index (χ3v) is 4.18. The number of carboxylic acids is 1. The molecule has 1 unspecified atom stereocenters. The summed E-state index contributed by atoms with van der Waals surface area (Å²) in [5.74, 6) is -0.715. The molecule has 1 aliphatic carbocycles. The molecule has 1 heterocycles. The molecular weight excluding hydrogens is 234 g/mol. The number of rotatable bonds is 4. The van der Waals surface area contributed by atoms with Crippen LogP contribution in [0.2, 0.25) is 0 Å². The molecule has 100 valence electrons. The van der Waals surface area contributed by atoms with Gasteiger partial charge in [0.05, 0.1) is 6.42 Å². The summed E-state index contributed by atoms with van der Waals surface area (Å²) in [6, 6.07) is 0. The largest absolute Gasteiger partial charge is 0.481 e. The van der Waals surface area contributed by atoms with Crippen molar-refractivity contribution in [3.63, 3.8) is 0 Å².